The first-order chi connectivity index (χ1) is 22.7. The van der Waals surface area contributed by atoms with Gasteiger partial charge in [0.2, 0.25) is 17.7 Å². The van der Waals surface area contributed by atoms with Crippen molar-refractivity contribution in [1.29, 1.82) is 0 Å². The number of carbonyl (C=O) groups excluding carboxylic acids is 3. The van der Waals surface area contributed by atoms with Gasteiger partial charge in [-0.05, 0) is 37.2 Å². The van der Waals surface area contributed by atoms with Crippen molar-refractivity contribution in [1.82, 2.24) is 20.4 Å². The molecule has 0 spiro atoms. The van der Waals surface area contributed by atoms with E-state index in [1.54, 1.807) is 30.9 Å². The van der Waals surface area contributed by atoms with E-state index in [9.17, 15) is 24.3 Å². The average Bonchev–Trinajstić information content (AvgIpc) is 3.53. The van der Waals surface area contributed by atoms with Crippen LogP contribution in [0.5, 0.6) is 0 Å². The second-order valence-corrected chi connectivity index (χ2v) is 13.7. The SMILES string of the molecule is C=C(C)CN[C@H](C(=O)N(C)[C@@H]([C@@H](C)CC)[C@@H](CC(=O)N1CCC[C@H]1[C@H](OC)[C@@H](C)C(=O)N[C@@H](Cc1ccccc1)C(=O)O)OC)C(C)C. The zero-order chi connectivity index (χ0) is 36.1. The number of hydrogen-bond acceptors (Lipinski definition) is 7. The van der Waals surface area contributed by atoms with Crippen molar-refractivity contribution in [2.24, 2.45) is 17.8 Å². The molecule has 0 saturated carbocycles. The molecule has 1 fully saturated rings. The normalized spacial score (nSPS) is 19.1. The van der Waals surface area contributed by atoms with Gasteiger partial charge >= 0.3 is 5.97 Å². The quantitative estimate of drug-likeness (QED) is 0.178. The van der Waals surface area contributed by atoms with Gasteiger partial charge in [0.25, 0.3) is 0 Å². The van der Waals surface area contributed by atoms with Gasteiger partial charge in [-0.15, -0.1) is 0 Å². The summed E-state index contributed by atoms with van der Waals surface area (Å²) in [6.07, 6.45) is 1.16. The van der Waals surface area contributed by atoms with Gasteiger partial charge in [-0.2, -0.15) is 0 Å². The zero-order valence-corrected chi connectivity index (χ0v) is 30.5. The Morgan fingerprint density at radius 1 is 1.08 bits per heavy atom. The van der Waals surface area contributed by atoms with Gasteiger partial charge in [0.05, 0.1) is 42.7 Å². The van der Waals surface area contributed by atoms with Crippen molar-refractivity contribution in [3.63, 3.8) is 0 Å². The largest absolute Gasteiger partial charge is 0.480 e. The lowest BCUT2D eigenvalue weighted by Gasteiger charge is -2.41. The van der Waals surface area contributed by atoms with Crippen LogP contribution in [0.15, 0.2) is 42.5 Å². The van der Waals surface area contributed by atoms with E-state index in [4.69, 9.17) is 9.47 Å². The summed E-state index contributed by atoms with van der Waals surface area (Å²) in [6.45, 7) is 16.7. The average molecular weight is 673 g/mol. The van der Waals surface area contributed by atoms with Crippen LogP contribution in [-0.4, -0.2) is 109 Å². The third-order valence-electron chi connectivity index (χ3n) is 9.71. The number of benzene rings is 1. The van der Waals surface area contributed by atoms with Crippen LogP contribution in [0, 0.1) is 17.8 Å². The molecule has 1 aromatic carbocycles. The molecule has 270 valence electrons. The molecule has 3 amide bonds. The van der Waals surface area contributed by atoms with Gasteiger partial charge in [-0.1, -0.05) is 83.5 Å². The van der Waals surface area contributed by atoms with Crippen LogP contribution in [0.1, 0.15) is 72.8 Å². The van der Waals surface area contributed by atoms with Crippen molar-refractivity contribution in [3.05, 3.63) is 48.0 Å². The molecule has 1 saturated heterocycles. The summed E-state index contributed by atoms with van der Waals surface area (Å²) in [6, 6.07) is 6.88. The van der Waals surface area contributed by atoms with Gasteiger partial charge < -0.3 is 35.0 Å². The monoisotopic (exact) mass is 672 g/mol. The Morgan fingerprint density at radius 3 is 2.25 bits per heavy atom. The minimum atomic E-state index is -1.12. The maximum Gasteiger partial charge on any atom is 0.326 e. The number of carboxylic acids is 1. The second-order valence-electron chi connectivity index (χ2n) is 13.7. The standard InChI is InChI=1S/C37H60N4O7/c1-11-25(6)33(40(8)36(44)32(24(4)5)38-22-23(2)3)30(47-9)21-31(42)41-19-15-18-29(41)34(48-10)26(7)35(43)39-28(37(45)46)20-27-16-13-12-14-17-27/h12-14,16-17,24-26,28-30,32-34,38H,2,11,15,18-22H2,1,3-10H3,(H,39,43)(H,45,46)/t25-,26+,28-,29-,30+,32-,33-,34+/m0/s1. The van der Waals surface area contributed by atoms with E-state index in [0.29, 0.717) is 19.5 Å². The number of amides is 3. The summed E-state index contributed by atoms with van der Waals surface area (Å²) in [5, 5.41) is 15.9. The topological polar surface area (TPSA) is 138 Å². The summed E-state index contributed by atoms with van der Waals surface area (Å²) in [4.78, 5) is 56.8. The van der Waals surface area contributed by atoms with Crippen molar-refractivity contribution in [2.45, 2.75) is 110 Å². The molecule has 1 aromatic rings. The van der Waals surface area contributed by atoms with Gasteiger partial charge in [-0.3, -0.25) is 14.4 Å². The molecule has 48 heavy (non-hydrogen) atoms. The van der Waals surface area contributed by atoms with E-state index < -0.39 is 42.1 Å². The van der Waals surface area contributed by atoms with Gasteiger partial charge in [-0.25, -0.2) is 4.79 Å². The van der Waals surface area contributed by atoms with Crippen LogP contribution in [-0.2, 0) is 35.1 Å². The minimum absolute atomic E-state index is 0.0409. The van der Waals surface area contributed by atoms with Gasteiger partial charge in [0, 0.05) is 40.8 Å². The molecule has 1 aliphatic rings. The number of aliphatic carboxylic acids is 1. The Hall–Kier alpha value is -3.28. The zero-order valence-electron chi connectivity index (χ0n) is 30.5. The predicted octanol–water partition coefficient (Wildman–Crippen LogP) is 3.91. The molecular weight excluding hydrogens is 612 g/mol. The fraction of sp³-hybridized carbons (Fsp3) is 0.676. The van der Waals surface area contributed by atoms with E-state index in [1.165, 1.54) is 7.11 Å². The molecule has 0 bridgehead atoms. The van der Waals surface area contributed by atoms with Gasteiger partial charge in [0.1, 0.15) is 6.04 Å². The maximum atomic E-state index is 14.0. The van der Waals surface area contributed by atoms with Crippen molar-refractivity contribution >= 4 is 23.7 Å². The predicted molar refractivity (Wildman–Crippen MR) is 187 cm³/mol. The smallest absolute Gasteiger partial charge is 0.326 e. The van der Waals surface area contributed by atoms with E-state index in [0.717, 1.165) is 24.0 Å². The molecule has 3 N–H and O–H groups in total. The highest BCUT2D eigenvalue weighted by Gasteiger charge is 2.43. The highest BCUT2D eigenvalue weighted by atomic mass is 16.5. The lowest BCUT2D eigenvalue weighted by Crippen LogP contribution is -2.57. The lowest BCUT2D eigenvalue weighted by molar-refractivity contribution is -0.147. The molecule has 11 heteroatoms. The number of ether oxygens (including phenoxy) is 2. The number of methoxy groups -OCH3 is 2. The number of likely N-dealkylation sites (N-methyl/N-ethyl adjacent to an activating group) is 1. The first-order valence-corrected chi connectivity index (χ1v) is 17.2. The number of carboxylic acid groups (broad SMARTS) is 1. The lowest BCUT2D eigenvalue weighted by atomic mass is 9.89. The van der Waals surface area contributed by atoms with E-state index in [1.807, 2.05) is 51.1 Å². The number of hydrogen-bond donors (Lipinski definition) is 3. The fourth-order valence-corrected chi connectivity index (χ4v) is 6.77. The molecule has 2 rings (SSSR count). The second kappa shape index (κ2) is 19.7. The molecule has 0 unspecified atom stereocenters. The minimum Gasteiger partial charge on any atom is -0.480 e. The van der Waals surface area contributed by atoms with Gasteiger partial charge in [0.15, 0.2) is 0 Å². The third kappa shape index (κ3) is 11.1. The third-order valence-corrected chi connectivity index (χ3v) is 9.71. The van der Waals surface area contributed by atoms with Crippen LogP contribution in [0.3, 0.4) is 0 Å². The highest BCUT2D eigenvalue weighted by Crippen LogP contribution is 2.29. The number of carbonyl (C=O) groups is 4. The summed E-state index contributed by atoms with van der Waals surface area (Å²) < 4.78 is 11.8. The first-order valence-electron chi connectivity index (χ1n) is 17.2. The Balaban J connectivity index is 2.23. The molecule has 1 aliphatic heterocycles. The van der Waals surface area contributed by atoms with Crippen LogP contribution < -0.4 is 10.6 Å². The summed E-state index contributed by atoms with van der Waals surface area (Å²) in [5.74, 6) is -2.40. The molecule has 11 nitrogen and oxygen atoms in total. The molecule has 8 atom stereocenters. The van der Waals surface area contributed by atoms with E-state index in [-0.39, 0.29) is 48.6 Å². The van der Waals surface area contributed by atoms with Crippen LogP contribution in [0.25, 0.3) is 0 Å². The number of nitrogens with one attached hydrogen (secondary N) is 2. The van der Waals surface area contributed by atoms with Crippen molar-refractivity contribution in [2.75, 3.05) is 34.4 Å². The number of nitrogens with zero attached hydrogens (tertiary/aromatic N) is 2. The number of likely N-dealkylation sites (tertiary alicyclic amines) is 1. The first kappa shape index (κ1) is 40.9. The van der Waals surface area contributed by atoms with Crippen LogP contribution in [0.2, 0.25) is 0 Å². The van der Waals surface area contributed by atoms with Crippen LogP contribution in [0.4, 0.5) is 0 Å². The highest BCUT2D eigenvalue weighted by molar-refractivity contribution is 5.86. The molecule has 0 radical (unpaired) electrons. The Kier molecular flexibility index (Phi) is 16.7. The van der Waals surface area contributed by atoms with Crippen molar-refractivity contribution in [3.8, 4) is 0 Å². The van der Waals surface area contributed by atoms with Crippen LogP contribution >= 0.6 is 0 Å². The Labute approximate surface area is 287 Å². The summed E-state index contributed by atoms with van der Waals surface area (Å²) in [7, 11) is 4.87. The Morgan fingerprint density at radius 2 is 1.73 bits per heavy atom. The summed E-state index contributed by atoms with van der Waals surface area (Å²) >= 11 is 0. The Bertz CT molecular complexity index is 1210. The van der Waals surface area contributed by atoms with E-state index in [2.05, 4.69) is 31.1 Å². The number of rotatable bonds is 20. The van der Waals surface area contributed by atoms with E-state index >= 15 is 0 Å². The van der Waals surface area contributed by atoms with Crippen molar-refractivity contribution < 1.29 is 33.8 Å². The maximum absolute atomic E-state index is 14.0. The molecule has 0 aromatic heterocycles. The molecular formula is C37H60N4O7. The fourth-order valence-electron chi connectivity index (χ4n) is 6.77. The molecule has 1 heterocycles. The molecule has 0 aliphatic carbocycles. The summed E-state index contributed by atoms with van der Waals surface area (Å²) in [5.41, 5.74) is 1.73.